The van der Waals surface area contributed by atoms with Gasteiger partial charge in [-0.1, -0.05) is 12.1 Å². The zero-order chi connectivity index (χ0) is 9.19. The fourth-order valence-electron chi connectivity index (χ4n) is 0.794. The van der Waals surface area contributed by atoms with Crippen molar-refractivity contribution in [2.45, 2.75) is 5.92 Å². The molecule has 0 spiro atoms. The smallest absolute Gasteiger partial charge is 0.206 e. The molecule has 1 aromatic rings. The molecule has 1 rings (SSSR count). The van der Waals surface area contributed by atoms with Gasteiger partial charge in [0.25, 0.3) is 0 Å². The van der Waals surface area contributed by atoms with Crippen LogP contribution >= 0.6 is 0 Å². The zero-order valence-corrected chi connectivity index (χ0v) is 6.02. The lowest BCUT2D eigenvalue weighted by molar-refractivity contribution is 0.0599. The molecule has 0 amide bonds. The minimum Gasteiger partial charge on any atom is -0.206 e. The third-order valence-corrected chi connectivity index (χ3v) is 1.39. The van der Waals surface area contributed by atoms with E-state index in [1.54, 1.807) is 0 Å². The topological polar surface area (TPSA) is 0 Å². The summed E-state index contributed by atoms with van der Waals surface area (Å²) in [6.07, 6.45) is 4.54. The van der Waals surface area contributed by atoms with E-state index in [1.807, 2.05) is 0 Å². The highest BCUT2D eigenvalue weighted by Crippen LogP contribution is 2.28. The van der Waals surface area contributed by atoms with Gasteiger partial charge in [-0.3, -0.25) is 0 Å². The van der Waals surface area contributed by atoms with Crippen molar-refractivity contribution in [3.8, 4) is 12.3 Å². The lowest BCUT2D eigenvalue weighted by Crippen LogP contribution is -2.11. The van der Waals surface area contributed by atoms with Gasteiger partial charge in [-0.2, -0.15) is 8.78 Å². The van der Waals surface area contributed by atoms with E-state index in [0.717, 1.165) is 12.1 Å². The highest BCUT2D eigenvalue weighted by molar-refractivity contribution is 5.28. The van der Waals surface area contributed by atoms with Crippen LogP contribution in [-0.4, -0.2) is 0 Å². The van der Waals surface area contributed by atoms with Crippen molar-refractivity contribution in [1.29, 1.82) is 0 Å². The summed E-state index contributed by atoms with van der Waals surface area (Å²) in [4.78, 5) is 0. The van der Waals surface area contributed by atoms with Gasteiger partial charge in [-0.25, -0.2) is 4.39 Å². The molecule has 0 aliphatic heterocycles. The van der Waals surface area contributed by atoms with Gasteiger partial charge in [0.2, 0.25) is 0 Å². The van der Waals surface area contributed by atoms with Crippen LogP contribution < -0.4 is 0 Å². The molecule has 12 heavy (non-hydrogen) atoms. The second kappa shape index (κ2) is 2.90. The van der Waals surface area contributed by atoms with Crippen molar-refractivity contribution in [2.75, 3.05) is 0 Å². The Morgan fingerprint density at radius 1 is 1.25 bits per heavy atom. The van der Waals surface area contributed by atoms with Crippen LogP contribution in [0.1, 0.15) is 5.56 Å². The maximum absolute atomic E-state index is 12.7. The summed E-state index contributed by atoms with van der Waals surface area (Å²) >= 11 is 0. The Morgan fingerprint density at radius 3 is 2.33 bits per heavy atom. The third-order valence-electron chi connectivity index (χ3n) is 1.39. The average molecular weight is 170 g/mol. The summed E-state index contributed by atoms with van der Waals surface area (Å²) < 4.78 is 38.0. The van der Waals surface area contributed by atoms with Crippen LogP contribution in [0.25, 0.3) is 0 Å². The summed E-state index contributed by atoms with van der Waals surface area (Å²) in [6, 6.07) is 4.55. The normalized spacial score (nSPS) is 10.8. The summed E-state index contributed by atoms with van der Waals surface area (Å²) in [5, 5.41) is 0. The van der Waals surface area contributed by atoms with E-state index in [9.17, 15) is 13.2 Å². The molecule has 0 radical (unpaired) electrons. The molecule has 0 fully saturated rings. The maximum atomic E-state index is 12.7. The van der Waals surface area contributed by atoms with Crippen molar-refractivity contribution in [2.24, 2.45) is 0 Å². The molecular weight excluding hydrogens is 165 g/mol. The molecule has 0 aromatic heterocycles. The first-order valence-electron chi connectivity index (χ1n) is 3.18. The van der Waals surface area contributed by atoms with E-state index < -0.39 is 17.3 Å². The monoisotopic (exact) mass is 170 g/mol. The first-order chi connectivity index (χ1) is 5.58. The molecule has 0 saturated heterocycles. The molecule has 3 heteroatoms. The van der Waals surface area contributed by atoms with Crippen molar-refractivity contribution in [3.05, 3.63) is 35.6 Å². The predicted molar refractivity (Wildman–Crippen MR) is 39.1 cm³/mol. The van der Waals surface area contributed by atoms with Crippen LogP contribution in [0.5, 0.6) is 0 Å². The van der Waals surface area contributed by atoms with Gasteiger partial charge in [0.15, 0.2) is 0 Å². The molecular formula is C9H5F3. The number of rotatable bonds is 1. The Hall–Kier alpha value is -1.43. The van der Waals surface area contributed by atoms with E-state index in [0.29, 0.717) is 0 Å². The minimum absolute atomic E-state index is 0.757. The summed E-state index contributed by atoms with van der Waals surface area (Å²) in [6.45, 7) is 0. The van der Waals surface area contributed by atoms with Crippen LogP contribution in [0.2, 0.25) is 0 Å². The van der Waals surface area contributed by atoms with Crippen molar-refractivity contribution in [3.63, 3.8) is 0 Å². The second-order valence-electron chi connectivity index (χ2n) is 2.20. The van der Waals surface area contributed by atoms with E-state index in [1.165, 1.54) is 18.1 Å². The fourth-order valence-corrected chi connectivity index (χ4v) is 0.794. The molecule has 0 aliphatic rings. The Kier molecular flexibility index (Phi) is 2.09. The van der Waals surface area contributed by atoms with E-state index in [2.05, 4.69) is 6.42 Å². The van der Waals surface area contributed by atoms with Crippen LogP contribution in [0.4, 0.5) is 13.2 Å². The predicted octanol–water partition coefficient (Wildman–Crippen LogP) is 2.55. The van der Waals surface area contributed by atoms with Crippen LogP contribution in [-0.2, 0) is 5.92 Å². The highest BCUT2D eigenvalue weighted by Gasteiger charge is 2.31. The van der Waals surface area contributed by atoms with E-state index in [-0.39, 0.29) is 0 Å². The van der Waals surface area contributed by atoms with Gasteiger partial charge in [-0.05, 0) is 18.1 Å². The lowest BCUT2D eigenvalue weighted by atomic mass is 10.1. The van der Waals surface area contributed by atoms with Crippen molar-refractivity contribution >= 4 is 0 Å². The first kappa shape index (κ1) is 8.66. The molecule has 0 nitrogen and oxygen atoms in total. The average Bonchev–Trinajstić information content (AvgIpc) is 2.05. The summed E-state index contributed by atoms with van der Waals surface area (Å²) in [5.74, 6) is -3.28. The SMILES string of the molecule is C#CC(F)(F)c1ccccc1F. The Balaban J connectivity index is 3.22. The van der Waals surface area contributed by atoms with Gasteiger partial charge in [-0.15, -0.1) is 6.42 Å². The number of alkyl halides is 2. The molecule has 0 heterocycles. The number of hydrogen-bond acceptors (Lipinski definition) is 0. The molecule has 62 valence electrons. The van der Waals surface area contributed by atoms with Gasteiger partial charge < -0.3 is 0 Å². The zero-order valence-electron chi connectivity index (χ0n) is 6.02. The quantitative estimate of drug-likeness (QED) is 0.568. The number of benzene rings is 1. The molecule has 1 aromatic carbocycles. The fraction of sp³-hybridized carbons (Fsp3) is 0.111. The molecule has 0 saturated carbocycles. The molecule has 0 aliphatic carbocycles. The Morgan fingerprint density at radius 2 is 1.83 bits per heavy atom. The molecule has 0 N–H and O–H groups in total. The van der Waals surface area contributed by atoms with Crippen LogP contribution in [0, 0.1) is 18.2 Å². The van der Waals surface area contributed by atoms with Gasteiger partial charge in [0, 0.05) is 0 Å². The van der Waals surface area contributed by atoms with Crippen LogP contribution in [0.15, 0.2) is 24.3 Å². The maximum Gasteiger partial charge on any atom is 0.336 e. The van der Waals surface area contributed by atoms with E-state index >= 15 is 0 Å². The largest absolute Gasteiger partial charge is 0.336 e. The summed E-state index contributed by atoms with van der Waals surface area (Å²) in [7, 11) is 0. The van der Waals surface area contributed by atoms with Gasteiger partial charge in [0.05, 0.1) is 5.56 Å². The van der Waals surface area contributed by atoms with E-state index in [4.69, 9.17) is 0 Å². The number of hydrogen-bond donors (Lipinski definition) is 0. The number of halogens is 3. The second-order valence-corrected chi connectivity index (χ2v) is 2.20. The Labute approximate surface area is 68.0 Å². The molecule has 0 atom stereocenters. The molecule has 0 bridgehead atoms. The van der Waals surface area contributed by atoms with Crippen molar-refractivity contribution < 1.29 is 13.2 Å². The minimum atomic E-state index is -3.52. The lowest BCUT2D eigenvalue weighted by Gasteiger charge is -2.09. The van der Waals surface area contributed by atoms with Crippen molar-refractivity contribution in [1.82, 2.24) is 0 Å². The highest BCUT2D eigenvalue weighted by atomic mass is 19.3. The Bertz CT molecular complexity index is 323. The first-order valence-corrected chi connectivity index (χ1v) is 3.18. The third kappa shape index (κ3) is 1.42. The number of terminal acetylenes is 1. The van der Waals surface area contributed by atoms with Crippen LogP contribution in [0.3, 0.4) is 0 Å². The van der Waals surface area contributed by atoms with Gasteiger partial charge >= 0.3 is 5.92 Å². The standard InChI is InChI=1S/C9H5F3/c1-2-9(11,12)7-5-3-4-6-8(7)10/h1,3-6H. The summed E-state index contributed by atoms with van der Waals surface area (Å²) in [5.41, 5.74) is -0.757. The van der Waals surface area contributed by atoms with Gasteiger partial charge in [0.1, 0.15) is 5.82 Å². The molecule has 0 unspecified atom stereocenters.